The van der Waals surface area contributed by atoms with E-state index >= 15 is 0 Å². The number of carbonyl (C=O) groups is 1. The smallest absolute Gasteiger partial charge is 0.330 e. The summed E-state index contributed by atoms with van der Waals surface area (Å²) in [5.74, 6) is 1.20. The number of hydrogen-bond acceptors (Lipinski definition) is 2. The maximum atomic E-state index is 11.5. The summed E-state index contributed by atoms with van der Waals surface area (Å²) in [5.41, 5.74) is 0.274. The van der Waals surface area contributed by atoms with Crippen molar-refractivity contribution in [1.82, 2.24) is 0 Å². The molecule has 0 heterocycles. The van der Waals surface area contributed by atoms with Gasteiger partial charge in [-0.1, -0.05) is 39.7 Å². The van der Waals surface area contributed by atoms with Crippen LogP contribution in [0.15, 0.2) is 12.7 Å². The number of ether oxygens (including phenoxy) is 1. The van der Waals surface area contributed by atoms with Crippen molar-refractivity contribution >= 4 is 5.97 Å². The van der Waals surface area contributed by atoms with E-state index in [0.717, 1.165) is 12.3 Å². The molecule has 2 nitrogen and oxygen atoms in total. The topological polar surface area (TPSA) is 26.3 Å². The third-order valence-electron chi connectivity index (χ3n) is 5.33. The molecule has 0 N–H and O–H groups in total. The van der Waals surface area contributed by atoms with Crippen LogP contribution in [0.3, 0.4) is 0 Å². The Morgan fingerprint density at radius 2 is 2.22 bits per heavy atom. The van der Waals surface area contributed by atoms with Gasteiger partial charge in [-0.25, -0.2) is 4.79 Å². The maximum Gasteiger partial charge on any atom is 0.330 e. The zero-order valence-corrected chi connectivity index (χ0v) is 11.8. The molecule has 2 aliphatic carbocycles. The number of unbranched alkanes of at least 4 members (excludes halogenated alkanes) is 1. The van der Waals surface area contributed by atoms with Crippen molar-refractivity contribution < 1.29 is 9.53 Å². The Morgan fingerprint density at radius 3 is 2.83 bits per heavy atom. The van der Waals surface area contributed by atoms with Crippen molar-refractivity contribution in [2.75, 3.05) is 0 Å². The number of fused-ring (bicyclic) bond motifs is 1. The van der Waals surface area contributed by atoms with Crippen molar-refractivity contribution in [1.29, 1.82) is 0 Å². The highest BCUT2D eigenvalue weighted by molar-refractivity contribution is 5.81. The van der Waals surface area contributed by atoms with Crippen molar-refractivity contribution in [2.45, 2.75) is 64.9 Å². The molecule has 0 aromatic carbocycles. The lowest BCUT2D eigenvalue weighted by Gasteiger charge is -2.58. The van der Waals surface area contributed by atoms with E-state index in [4.69, 9.17) is 4.74 Å². The van der Waals surface area contributed by atoms with Crippen LogP contribution in [0.5, 0.6) is 0 Å². The van der Waals surface area contributed by atoms with Crippen molar-refractivity contribution in [2.24, 2.45) is 17.3 Å². The van der Waals surface area contributed by atoms with Crippen molar-refractivity contribution in [3.8, 4) is 0 Å². The Morgan fingerprint density at radius 1 is 1.44 bits per heavy atom. The van der Waals surface area contributed by atoms with Gasteiger partial charge in [0.15, 0.2) is 0 Å². The first kappa shape index (κ1) is 13.6. The number of hydrogen-bond donors (Lipinski definition) is 0. The molecule has 4 unspecified atom stereocenters. The molecule has 0 spiro atoms. The maximum absolute atomic E-state index is 11.5. The zero-order chi connectivity index (χ0) is 13.2. The Labute approximate surface area is 111 Å². The van der Waals surface area contributed by atoms with Gasteiger partial charge in [-0.05, 0) is 31.6 Å². The summed E-state index contributed by atoms with van der Waals surface area (Å²) in [6.07, 6.45) is 10.2. The highest BCUT2D eigenvalue weighted by Gasteiger charge is 2.63. The molecule has 2 aliphatic rings. The molecule has 2 saturated carbocycles. The predicted molar refractivity (Wildman–Crippen MR) is 73.2 cm³/mol. The Hall–Kier alpha value is -0.790. The van der Waals surface area contributed by atoms with Gasteiger partial charge < -0.3 is 4.74 Å². The SMILES string of the molecule is C=CC(=O)OC1C2CCCC2C1(CC)CCCC. The summed E-state index contributed by atoms with van der Waals surface area (Å²) in [6, 6.07) is 0. The van der Waals surface area contributed by atoms with E-state index in [1.807, 2.05) is 0 Å². The molecule has 18 heavy (non-hydrogen) atoms. The lowest BCUT2D eigenvalue weighted by Crippen LogP contribution is -2.60. The van der Waals surface area contributed by atoms with Gasteiger partial charge >= 0.3 is 5.97 Å². The first-order valence-corrected chi connectivity index (χ1v) is 7.52. The Kier molecular flexibility index (Phi) is 4.14. The van der Waals surface area contributed by atoms with Crippen molar-refractivity contribution in [3.63, 3.8) is 0 Å². The molecule has 2 rings (SSSR count). The monoisotopic (exact) mass is 250 g/mol. The molecule has 102 valence electrons. The Balaban J connectivity index is 2.12. The summed E-state index contributed by atoms with van der Waals surface area (Å²) < 4.78 is 5.70. The van der Waals surface area contributed by atoms with Crippen LogP contribution in [-0.2, 0) is 9.53 Å². The molecule has 0 saturated heterocycles. The zero-order valence-electron chi connectivity index (χ0n) is 11.8. The summed E-state index contributed by atoms with van der Waals surface area (Å²) in [6.45, 7) is 8.02. The lowest BCUT2D eigenvalue weighted by atomic mass is 9.49. The second kappa shape index (κ2) is 5.46. The normalized spacial score (nSPS) is 37.8. The van der Waals surface area contributed by atoms with Gasteiger partial charge in [0, 0.05) is 17.4 Å². The first-order chi connectivity index (χ1) is 8.69. The van der Waals surface area contributed by atoms with E-state index < -0.39 is 0 Å². The summed E-state index contributed by atoms with van der Waals surface area (Å²) in [5, 5.41) is 0. The number of carbonyl (C=O) groups excluding carboxylic acids is 1. The highest BCUT2D eigenvalue weighted by Crippen LogP contribution is 2.64. The van der Waals surface area contributed by atoms with Gasteiger partial charge in [0.25, 0.3) is 0 Å². The minimum Gasteiger partial charge on any atom is -0.458 e. The largest absolute Gasteiger partial charge is 0.458 e. The van der Waals surface area contributed by atoms with E-state index in [9.17, 15) is 4.79 Å². The van der Waals surface area contributed by atoms with E-state index in [-0.39, 0.29) is 17.5 Å². The van der Waals surface area contributed by atoms with Crippen LogP contribution in [0.2, 0.25) is 0 Å². The first-order valence-electron chi connectivity index (χ1n) is 7.52. The Bertz CT molecular complexity index is 323. The van der Waals surface area contributed by atoms with Crippen LogP contribution in [0.1, 0.15) is 58.8 Å². The van der Waals surface area contributed by atoms with E-state index in [2.05, 4.69) is 20.4 Å². The van der Waals surface area contributed by atoms with Crippen LogP contribution in [0.4, 0.5) is 0 Å². The quantitative estimate of drug-likeness (QED) is 0.524. The highest BCUT2D eigenvalue weighted by atomic mass is 16.5. The third kappa shape index (κ3) is 2.00. The van der Waals surface area contributed by atoms with E-state index in [1.54, 1.807) is 0 Å². The minimum atomic E-state index is -0.236. The molecule has 4 atom stereocenters. The minimum absolute atomic E-state index is 0.159. The van der Waals surface area contributed by atoms with Gasteiger partial charge in [-0.2, -0.15) is 0 Å². The average molecular weight is 250 g/mol. The number of rotatable bonds is 6. The standard InChI is InChI=1S/C16H26O2/c1-4-7-11-16(6-3)13-10-8-9-12(13)15(16)18-14(17)5-2/h5,12-13,15H,2,4,6-11H2,1,3H3. The molecule has 0 aromatic heterocycles. The summed E-state index contributed by atoms with van der Waals surface area (Å²) in [7, 11) is 0. The fraction of sp³-hybridized carbons (Fsp3) is 0.812. The fourth-order valence-electron chi connectivity index (χ4n) is 4.44. The third-order valence-corrected chi connectivity index (χ3v) is 5.33. The van der Waals surface area contributed by atoms with Gasteiger partial charge in [-0.15, -0.1) is 0 Å². The van der Waals surface area contributed by atoms with Crippen LogP contribution in [-0.4, -0.2) is 12.1 Å². The molecule has 0 amide bonds. The van der Waals surface area contributed by atoms with Gasteiger partial charge in [0.1, 0.15) is 6.10 Å². The number of esters is 1. The summed E-state index contributed by atoms with van der Waals surface area (Å²) in [4.78, 5) is 11.5. The molecule has 0 aliphatic heterocycles. The van der Waals surface area contributed by atoms with Gasteiger partial charge in [0.2, 0.25) is 0 Å². The molecule has 2 fully saturated rings. The van der Waals surface area contributed by atoms with Crippen LogP contribution in [0, 0.1) is 17.3 Å². The molecule has 2 heteroatoms. The average Bonchev–Trinajstić information content (AvgIpc) is 2.83. The van der Waals surface area contributed by atoms with E-state index in [1.165, 1.54) is 44.6 Å². The fourth-order valence-corrected chi connectivity index (χ4v) is 4.44. The molecule has 0 bridgehead atoms. The summed E-state index contributed by atoms with van der Waals surface area (Å²) >= 11 is 0. The molecular weight excluding hydrogens is 224 g/mol. The molecule has 0 radical (unpaired) electrons. The van der Waals surface area contributed by atoms with E-state index in [0.29, 0.717) is 5.92 Å². The van der Waals surface area contributed by atoms with Crippen LogP contribution >= 0.6 is 0 Å². The van der Waals surface area contributed by atoms with Gasteiger partial charge in [-0.3, -0.25) is 0 Å². The second-order valence-electron chi connectivity index (χ2n) is 5.95. The van der Waals surface area contributed by atoms with Crippen LogP contribution < -0.4 is 0 Å². The van der Waals surface area contributed by atoms with Crippen LogP contribution in [0.25, 0.3) is 0 Å². The lowest BCUT2D eigenvalue weighted by molar-refractivity contribution is -0.203. The van der Waals surface area contributed by atoms with Gasteiger partial charge in [0.05, 0.1) is 0 Å². The molecular formula is C16H26O2. The second-order valence-corrected chi connectivity index (χ2v) is 5.95. The molecule has 0 aromatic rings. The predicted octanol–water partition coefficient (Wildman–Crippen LogP) is 4.10. The van der Waals surface area contributed by atoms with Crippen molar-refractivity contribution in [3.05, 3.63) is 12.7 Å².